The highest BCUT2D eigenvalue weighted by Crippen LogP contribution is 2.16. The number of furan rings is 1. The summed E-state index contributed by atoms with van der Waals surface area (Å²) in [5.74, 6) is 0.987. The Hall–Kier alpha value is -1.33. The maximum absolute atomic E-state index is 11.4. The van der Waals surface area contributed by atoms with Crippen LogP contribution in [0, 0.1) is 6.92 Å². The largest absolute Gasteiger partial charge is 0.465 e. The van der Waals surface area contributed by atoms with Crippen molar-refractivity contribution in [2.24, 2.45) is 0 Å². The number of nitrogens with zero attached hydrogens (tertiary/aromatic N) is 1. The summed E-state index contributed by atoms with van der Waals surface area (Å²) in [7, 11) is 3.34. The van der Waals surface area contributed by atoms with Gasteiger partial charge in [0, 0.05) is 13.2 Å². The van der Waals surface area contributed by atoms with Crippen LogP contribution in [0.3, 0.4) is 0 Å². The molecule has 0 unspecified atom stereocenters. The van der Waals surface area contributed by atoms with Crippen LogP contribution in [0.25, 0.3) is 0 Å². The zero-order valence-corrected chi connectivity index (χ0v) is 11.5. The third-order valence-electron chi connectivity index (χ3n) is 2.62. The standard InChI is InChI=1S/C13H21NO4/c1-5-17-7-6-14(3)9-11-8-12(10(2)18-11)13(15)16-4/h8H,5-7,9H2,1-4H3. The van der Waals surface area contributed by atoms with Gasteiger partial charge in [-0.1, -0.05) is 0 Å². The van der Waals surface area contributed by atoms with E-state index < -0.39 is 0 Å². The summed E-state index contributed by atoms with van der Waals surface area (Å²) in [6.07, 6.45) is 0. The molecular weight excluding hydrogens is 234 g/mol. The average molecular weight is 255 g/mol. The molecule has 1 heterocycles. The summed E-state index contributed by atoms with van der Waals surface area (Å²) >= 11 is 0. The van der Waals surface area contributed by atoms with E-state index in [0.29, 0.717) is 24.5 Å². The molecule has 0 saturated carbocycles. The Kier molecular flexibility index (Phi) is 5.88. The van der Waals surface area contributed by atoms with E-state index in [1.54, 1.807) is 13.0 Å². The van der Waals surface area contributed by atoms with Gasteiger partial charge in [0.25, 0.3) is 0 Å². The number of rotatable bonds is 7. The van der Waals surface area contributed by atoms with Crippen molar-refractivity contribution in [1.82, 2.24) is 4.90 Å². The molecule has 0 amide bonds. The van der Waals surface area contributed by atoms with Gasteiger partial charge in [-0.3, -0.25) is 4.90 Å². The van der Waals surface area contributed by atoms with Gasteiger partial charge in [0.1, 0.15) is 17.1 Å². The number of carbonyl (C=O) groups is 1. The van der Waals surface area contributed by atoms with Crippen LogP contribution in [0.4, 0.5) is 0 Å². The minimum Gasteiger partial charge on any atom is -0.465 e. The van der Waals surface area contributed by atoms with Gasteiger partial charge in [-0.05, 0) is 27.0 Å². The van der Waals surface area contributed by atoms with Crippen molar-refractivity contribution >= 4 is 5.97 Å². The van der Waals surface area contributed by atoms with Crippen LogP contribution in [0.2, 0.25) is 0 Å². The van der Waals surface area contributed by atoms with Gasteiger partial charge in [-0.25, -0.2) is 4.79 Å². The van der Waals surface area contributed by atoms with Gasteiger partial charge in [-0.15, -0.1) is 0 Å². The molecule has 0 aliphatic carbocycles. The molecule has 0 saturated heterocycles. The van der Waals surface area contributed by atoms with Crippen LogP contribution in [0.1, 0.15) is 28.8 Å². The molecule has 0 fully saturated rings. The van der Waals surface area contributed by atoms with E-state index in [2.05, 4.69) is 9.64 Å². The monoisotopic (exact) mass is 255 g/mol. The number of methoxy groups -OCH3 is 1. The summed E-state index contributed by atoms with van der Waals surface area (Å²) in [5, 5.41) is 0. The first kappa shape index (κ1) is 14.7. The van der Waals surface area contributed by atoms with E-state index in [9.17, 15) is 4.79 Å². The predicted molar refractivity (Wildman–Crippen MR) is 67.6 cm³/mol. The molecule has 0 aliphatic heterocycles. The van der Waals surface area contributed by atoms with E-state index in [0.717, 1.165) is 18.9 Å². The van der Waals surface area contributed by atoms with Crippen molar-refractivity contribution in [3.8, 4) is 0 Å². The van der Waals surface area contributed by atoms with E-state index in [4.69, 9.17) is 9.15 Å². The highest BCUT2D eigenvalue weighted by molar-refractivity contribution is 5.90. The lowest BCUT2D eigenvalue weighted by atomic mass is 10.2. The van der Waals surface area contributed by atoms with Gasteiger partial charge in [-0.2, -0.15) is 0 Å². The van der Waals surface area contributed by atoms with Crippen molar-refractivity contribution in [2.75, 3.05) is 33.9 Å². The predicted octanol–water partition coefficient (Wildman–Crippen LogP) is 1.84. The number of hydrogen-bond acceptors (Lipinski definition) is 5. The van der Waals surface area contributed by atoms with Gasteiger partial charge >= 0.3 is 5.97 Å². The number of carbonyl (C=O) groups excluding carboxylic acids is 1. The Morgan fingerprint density at radius 3 is 2.83 bits per heavy atom. The first-order chi connectivity index (χ1) is 8.58. The maximum Gasteiger partial charge on any atom is 0.341 e. The first-order valence-electron chi connectivity index (χ1n) is 6.02. The quantitative estimate of drug-likeness (QED) is 0.549. The molecule has 18 heavy (non-hydrogen) atoms. The molecule has 0 aliphatic rings. The van der Waals surface area contributed by atoms with Crippen molar-refractivity contribution in [2.45, 2.75) is 20.4 Å². The second-order valence-corrected chi connectivity index (χ2v) is 4.11. The second kappa shape index (κ2) is 7.18. The summed E-state index contributed by atoms with van der Waals surface area (Å²) < 4.78 is 15.5. The van der Waals surface area contributed by atoms with E-state index in [1.807, 2.05) is 14.0 Å². The van der Waals surface area contributed by atoms with Crippen molar-refractivity contribution in [3.63, 3.8) is 0 Å². The lowest BCUT2D eigenvalue weighted by Gasteiger charge is -2.14. The SMILES string of the molecule is CCOCCN(C)Cc1cc(C(=O)OC)c(C)o1. The third kappa shape index (κ3) is 4.16. The van der Waals surface area contributed by atoms with Crippen LogP contribution in [0.5, 0.6) is 0 Å². The van der Waals surface area contributed by atoms with Gasteiger partial charge in [0.2, 0.25) is 0 Å². The number of hydrogen-bond donors (Lipinski definition) is 0. The Morgan fingerprint density at radius 1 is 1.50 bits per heavy atom. The molecule has 1 aromatic heterocycles. The fourth-order valence-corrected chi connectivity index (χ4v) is 1.64. The zero-order valence-electron chi connectivity index (χ0n) is 11.5. The van der Waals surface area contributed by atoms with Gasteiger partial charge in [0.15, 0.2) is 0 Å². The number of likely N-dealkylation sites (N-methyl/N-ethyl adjacent to an activating group) is 1. The topological polar surface area (TPSA) is 51.9 Å². The Morgan fingerprint density at radius 2 is 2.22 bits per heavy atom. The number of aryl methyl sites for hydroxylation is 1. The van der Waals surface area contributed by atoms with Crippen molar-refractivity contribution in [3.05, 3.63) is 23.2 Å². The zero-order chi connectivity index (χ0) is 13.5. The Balaban J connectivity index is 2.54. The molecule has 0 aromatic carbocycles. The normalized spacial score (nSPS) is 10.9. The summed E-state index contributed by atoms with van der Waals surface area (Å²) in [6, 6.07) is 1.73. The number of esters is 1. The molecule has 5 nitrogen and oxygen atoms in total. The molecule has 5 heteroatoms. The summed E-state index contributed by atoms with van der Waals surface area (Å²) in [4.78, 5) is 13.5. The van der Waals surface area contributed by atoms with Crippen LogP contribution < -0.4 is 0 Å². The minimum absolute atomic E-state index is 0.362. The van der Waals surface area contributed by atoms with Crippen LogP contribution in [0.15, 0.2) is 10.5 Å². The third-order valence-corrected chi connectivity index (χ3v) is 2.62. The molecule has 0 N–H and O–H groups in total. The fraction of sp³-hybridized carbons (Fsp3) is 0.615. The summed E-state index contributed by atoms with van der Waals surface area (Å²) in [5.41, 5.74) is 0.491. The highest BCUT2D eigenvalue weighted by Gasteiger charge is 2.15. The van der Waals surface area contributed by atoms with Gasteiger partial charge in [0.05, 0.1) is 20.3 Å². The lowest BCUT2D eigenvalue weighted by Crippen LogP contribution is -2.22. The molecule has 0 radical (unpaired) electrons. The molecule has 0 atom stereocenters. The molecule has 102 valence electrons. The maximum atomic E-state index is 11.4. The smallest absolute Gasteiger partial charge is 0.341 e. The lowest BCUT2D eigenvalue weighted by molar-refractivity contribution is 0.0599. The van der Waals surface area contributed by atoms with Crippen LogP contribution in [-0.4, -0.2) is 44.8 Å². The molecule has 0 bridgehead atoms. The van der Waals surface area contributed by atoms with E-state index in [1.165, 1.54) is 7.11 Å². The average Bonchev–Trinajstić information content (AvgIpc) is 2.69. The molecule has 1 rings (SSSR count). The molecule has 1 aromatic rings. The van der Waals surface area contributed by atoms with Gasteiger partial charge < -0.3 is 13.9 Å². The van der Waals surface area contributed by atoms with Crippen molar-refractivity contribution in [1.29, 1.82) is 0 Å². The first-order valence-corrected chi connectivity index (χ1v) is 6.02. The Labute approximate surface area is 108 Å². The molecule has 0 spiro atoms. The second-order valence-electron chi connectivity index (χ2n) is 4.11. The minimum atomic E-state index is -0.362. The highest BCUT2D eigenvalue weighted by atomic mass is 16.5. The fourth-order valence-electron chi connectivity index (χ4n) is 1.64. The van der Waals surface area contributed by atoms with E-state index in [-0.39, 0.29) is 5.97 Å². The summed E-state index contributed by atoms with van der Waals surface area (Å²) in [6.45, 7) is 6.61. The van der Waals surface area contributed by atoms with E-state index >= 15 is 0 Å². The molecular formula is C13H21NO4. The van der Waals surface area contributed by atoms with Crippen molar-refractivity contribution < 1.29 is 18.7 Å². The van der Waals surface area contributed by atoms with Crippen LogP contribution >= 0.6 is 0 Å². The Bertz CT molecular complexity index is 386. The van der Waals surface area contributed by atoms with Crippen LogP contribution in [-0.2, 0) is 16.0 Å². The number of ether oxygens (including phenoxy) is 2.